The highest BCUT2D eigenvalue weighted by Crippen LogP contribution is 2.29. The number of nitrogens with one attached hydrogen (secondary N) is 1. The minimum absolute atomic E-state index is 0.254. The summed E-state index contributed by atoms with van der Waals surface area (Å²) in [4.78, 5) is 11.5. The second-order valence-corrected chi connectivity index (χ2v) is 4.45. The molecule has 0 radical (unpaired) electrons. The zero-order valence-electron chi connectivity index (χ0n) is 10.8. The first-order valence-electron chi connectivity index (χ1n) is 6.56. The average molecular weight is 248 g/mol. The van der Waals surface area contributed by atoms with Gasteiger partial charge in [-0.05, 0) is 25.3 Å². The number of piperidine rings is 1. The van der Waals surface area contributed by atoms with E-state index in [0.29, 0.717) is 6.61 Å². The Labute approximate surface area is 108 Å². The maximum atomic E-state index is 11.5. The molecule has 0 saturated carbocycles. The minimum atomic E-state index is -0.361. The maximum Gasteiger partial charge on any atom is 0.421 e. The van der Waals surface area contributed by atoms with Crippen molar-refractivity contribution < 1.29 is 9.53 Å². The number of carbonyl (C=O) groups excluding carboxylic acids is 1. The molecule has 1 amide bonds. The third-order valence-electron chi connectivity index (χ3n) is 3.20. The molecule has 1 unspecified atom stereocenters. The van der Waals surface area contributed by atoms with E-state index in [2.05, 4.69) is 17.6 Å². The lowest BCUT2D eigenvalue weighted by molar-refractivity contribution is 0.0645. The van der Waals surface area contributed by atoms with Crippen LogP contribution in [0.15, 0.2) is 30.3 Å². The van der Waals surface area contributed by atoms with Crippen LogP contribution in [0, 0.1) is 0 Å². The number of hydrogen-bond acceptors (Lipinski definition) is 3. The van der Waals surface area contributed by atoms with Gasteiger partial charge in [-0.15, -0.1) is 0 Å². The summed E-state index contributed by atoms with van der Waals surface area (Å²) in [6.45, 7) is 3.08. The van der Waals surface area contributed by atoms with Gasteiger partial charge in [0, 0.05) is 6.54 Å². The lowest BCUT2D eigenvalue weighted by atomic mass is 9.97. The Hall–Kier alpha value is -1.55. The van der Waals surface area contributed by atoms with Crippen molar-refractivity contribution in [2.45, 2.75) is 32.2 Å². The number of carbonyl (C=O) groups is 1. The number of hydrazine groups is 1. The van der Waals surface area contributed by atoms with E-state index in [-0.39, 0.29) is 12.1 Å². The quantitative estimate of drug-likeness (QED) is 0.894. The molecule has 1 heterocycles. The fourth-order valence-electron chi connectivity index (χ4n) is 2.37. The molecule has 4 heteroatoms. The van der Waals surface area contributed by atoms with E-state index in [0.717, 1.165) is 19.4 Å². The van der Waals surface area contributed by atoms with E-state index >= 15 is 0 Å². The van der Waals surface area contributed by atoms with E-state index in [1.54, 1.807) is 0 Å². The van der Waals surface area contributed by atoms with E-state index in [1.165, 1.54) is 12.0 Å². The number of benzene rings is 1. The Morgan fingerprint density at radius 1 is 1.39 bits per heavy atom. The van der Waals surface area contributed by atoms with Crippen LogP contribution in [-0.2, 0) is 4.74 Å². The van der Waals surface area contributed by atoms with E-state index in [4.69, 9.17) is 4.74 Å². The monoisotopic (exact) mass is 248 g/mol. The molecular weight excluding hydrogens is 228 g/mol. The summed E-state index contributed by atoms with van der Waals surface area (Å²) >= 11 is 0. The molecule has 1 aliphatic rings. The van der Waals surface area contributed by atoms with Gasteiger partial charge in [-0.3, -0.25) is 5.43 Å². The van der Waals surface area contributed by atoms with Crippen molar-refractivity contribution in [3.63, 3.8) is 0 Å². The summed E-state index contributed by atoms with van der Waals surface area (Å²) in [6, 6.07) is 10.5. The predicted molar refractivity (Wildman–Crippen MR) is 69.9 cm³/mol. The fraction of sp³-hybridized carbons (Fsp3) is 0.500. The SMILES string of the molecule is CCOC(=O)NN1CCCCC1c1ccccc1. The van der Waals surface area contributed by atoms with E-state index in [9.17, 15) is 4.79 Å². The lowest BCUT2D eigenvalue weighted by Gasteiger charge is -2.35. The molecule has 1 aliphatic heterocycles. The number of ether oxygens (including phenoxy) is 1. The van der Waals surface area contributed by atoms with E-state index < -0.39 is 0 Å². The highest BCUT2D eigenvalue weighted by molar-refractivity contribution is 5.66. The Kier molecular flexibility index (Phi) is 4.59. The molecule has 1 atom stereocenters. The van der Waals surface area contributed by atoms with Crippen molar-refractivity contribution in [1.29, 1.82) is 0 Å². The van der Waals surface area contributed by atoms with Gasteiger partial charge in [-0.25, -0.2) is 9.80 Å². The van der Waals surface area contributed by atoms with Crippen LogP contribution < -0.4 is 5.43 Å². The van der Waals surface area contributed by atoms with Gasteiger partial charge in [0.25, 0.3) is 0 Å². The van der Waals surface area contributed by atoms with Crippen LogP contribution in [0.25, 0.3) is 0 Å². The van der Waals surface area contributed by atoms with Gasteiger partial charge in [0.1, 0.15) is 0 Å². The van der Waals surface area contributed by atoms with Crippen LogP contribution in [0.4, 0.5) is 4.79 Å². The second-order valence-electron chi connectivity index (χ2n) is 4.45. The number of rotatable bonds is 3. The van der Waals surface area contributed by atoms with Crippen molar-refractivity contribution in [3.8, 4) is 0 Å². The van der Waals surface area contributed by atoms with Crippen molar-refractivity contribution in [1.82, 2.24) is 10.4 Å². The zero-order valence-corrected chi connectivity index (χ0v) is 10.8. The molecule has 0 aromatic heterocycles. The van der Waals surface area contributed by atoms with Crippen LogP contribution in [-0.4, -0.2) is 24.3 Å². The third kappa shape index (κ3) is 3.23. The van der Waals surface area contributed by atoms with Crippen LogP contribution in [0.3, 0.4) is 0 Å². The lowest BCUT2D eigenvalue weighted by Crippen LogP contribution is -2.47. The molecule has 2 rings (SSSR count). The number of nitrogens with zero attached hydrogens (tertiary/aromatic N) is 1. The summed E-state index contributed by atoms with van der Waals surface area (Å²) in [7, 11) is 0. The first-order chi connectivity index (χ1) is 8.81. The van der Waals surface area contributed by atoms with Crippen LogP contribution in [0.5, 0.6) is 0 Å². The maximum absolute atomic E-state index is 11.5. The van der Waals surface area contributed by atoms with Crippen LogP contribution in [0.1, 0.15) is 37.8 Å². The van der Waals surface area contributed by atoms with Gasteiger partial charge in [-0.2, -0.15) is 0 Å². The van der Waals surface area contributed by atoms with Crippen LogP contribution >= 0.6 is 0 Å². The molecular formula is C14H20N2O2. The Morgan fingerprint density at radius 3 is 2.89 bits per heavy atom. The zero-order chi connectivity index (χ0) is 12.8. The normalized spacial score (nSPS) is 20.4. The van der Waals surface area contributed by atoms with Gasteiger partial charge in [0.05, 0.1) is 12.6 Å². The average Bonchev–Trinajstić information content (AvgIpc) is 2.40. The van der Waals surface area contributed by atoms with Crippen molar-refractivity contribution in [2.24, 2.45) is 0 Å². The largest absolute Gasteiger partial charge is 0.449 e. The molecule has 1 aromatic carbocycles. The Balaban J connectivity index is 2.04. The van der Waals surface area contributed by atoms with Crippen molar-refractivity contribution in [3.05, 3.63) is 35.9 Å². The highest BCUT2D eigenvalue weighted by atomic mass is 16.6. The van der Waals surface area contributed by atoms with Gasteiger partial charge in [0.15, 0.2) is 0 Å². The van der Waals surface area contributed by atoms with Gasteiger partial charge >= 0.3 is 6.09 Å². The van der Waals surface area contributed by atoms with Crippen LogP contribution in [0.2, 0.25) is 0 Å². The Bertz CT molecular complexity index is 381. The number of hydrogen-bond donors (Lipinski definition) is 1. The van der Waals surface area contributed by atoms with Crippen molar-refractivity contribution in [2.75, 3.05) is 13.2 Å². The first-order valence-corrected chi connectivity index (χ1v) is 6.56. The van der Waals surface area contributed by atoms with Crippen molar-refractivity contribution >= 4 is 6.09 Å². The molecule has 4 nitrogen and oxygen atoms in total. The Morgan fingerprint density at radius 2 is 2.17 bits per heavy atom. The predicted octanol–water partition coefficient (Wildman–Crippen LogP) is 2.87. The smallest absolute Gasteiger partial charge is 0.421 e. The summed E-state index contributed by atoms with van der Waals surface area (Å²) in [5.74, 6) is 0. The number of amides is 1. The molecule has 0 bridgehead atoms. The molecule has 1 fully saturated rings. The molecule has 1 N–H and O–H groups in total. The third-order valence-corrected chi connectivity index (χ3v) is 3.20. The summed E-state index contributed by atoms with van der Waals surface area (Å²) in [5, 5.41) is 2.00. The summed E-state index contributed by atoms with van der Waals surface area (Å²) in [6.07, 6.45) is 3.01. The first kappa shape index (κ1) is 12.9. The highest BCUT2D eigenvalue weighted by Gasteiger charge is 2.25. The summed E-state index contributed by atoms with van der Waals surface area (Å²) in [5.41, 5.74) is 4.08. The molecule has 0 aliphatic carbocycles. The topological polar surface area (TPSA) is 41.6 Å². The molecule has 0 spiro atoms. The van der Waals surface area contributed by atoms with Gasteiger partial charge in [0.2, 0.25) is 0 Å². The minimum Gasteiger partial charge on any atom is -0.449 e. The molecule has 1 saturated heterocycles. The van der Waals surface area contributed by atoms with Gasteiger partial charge < -0.3 is 4.74 Å². The van der Waals surface area contributed by atoms with E-state index in [1.807, 2.05) is 30.1 Å². The fourth-order valence-corrected chi connectivity index (χ4v) is 2.37. The second kappa shape index (κ2) is 6.40. The van der Waals surface area contributed by atoms with Gasteiger partial charge in [-0.1, -0.05) is 36.8 Å². The summed E-state index contributed by atoms with van der Waals surface area (Å²) < 4.78 is 4.94. The standard InChI is InChI=1S/C14H20N2O2/c1-2-18-14(17)15-16-11-7-6-10-13(16)12-8-4-3-5-9-12/h3-5,8-9,13H,2,6-7,10-11H2,1H3,(H,15,17). The molecule has 98 valence electrons. The molecule has 18 heavy (non-hydrogen) atoms. The molecule has 1 aromatic rings.